The van der Waals surface area contributed by atoms with Crippen molar-refractivity contribution >= 4 is 23.4 Å². The number of carbonyl (C=O) groups is 2. The molecule has 0 atom stereocenters. The van der Waals surface area contributed by atoms with Gasteiger partial charge in [-0.3, -0.25) is 14.3 Å². The Hall–Kier alpha value is -2.54. The molecule has 8 heteroatoms. The van der Waals surface area contributed by atoms with Gasteiger partial charge in [0.15, 0.2) is 0 Å². The summed E-state index contributed by atoms with van der Waals surface area (Å²) in [5.74, 6) is 0.187. The number of primary amides is 1. The molecule has 1 fully saturated rings. The van der Waals surface area contributed by atoms with E-state index in [9.17, 15) is 9.59 Å². The number of ether oxygens (including phenoxy) is 1. The van der Waals surface area contributed by atoms with Crippen LogP contribution in [0.5, 0.6) is 5.75 Å². The minimum absolute atomic E-state index is 0.0981. The summed E-state index contributed by atoms with van der Waals surface area (Å²) in [5.41, 5.74) is 5.51. The van der Waals surface area contributed by atoms with E-state index in [0.29, 0.717) is 49.0 Å². The van der Waals surface area contributed by atoms with Gasteiger partial charge in [0.05, 0.1) is 6.61 Å². The highest BCUT2D eigenvalue weighted by Gasteiger charge is 2.38. The van der Waals surface area contributed by atoms with Crippen molar-refractivity contribution < 1.29 is 14.3 Å². The first kappa shape index (κ1) is 19.2. The second-order valence-electron chi connectivity index (χ2n) is 7.06. The molecule has 2 N–H and O–H groups in total. The quantitative estimate of drug-likeness (QED) is 0.819. The average molecular weight is 391 g/mol. The van der Waals surface area contributed by atoms with Gasteiger partial charge in [-0.15, -0.1) is 0 Å². The van der Waals surface area contributed by atoms with Crippen LogP contribution in [0.3, 0.4) is 0 Å². The first-order valence-electron chi connectivity index (χ1n) is 8.82. The minimum atomic E-state index is -0.394. The number of benzene rings is 1. The molecule has 2 heterocycles. The largest absolute Gasteiger partial charge is 0.493 e. The SMILES string of the molecule is Cn1ccc(C(=O)N2CCC(COc3cccc(Cl)c3)(CC(N)=O)CC2)n1. The van der Waals surface area contributed by atoms with E-state index in [2.05, 4.69) is 5.10 Å². The van der Waals surface area contributed by atoms with Crippen LogP contribution in [0.1, 0.15) is 29.8 Å². The normalized spacial score (nSPS) is 16.1. The molecule has 0 bridgehead atoms. The fraction of sp³-hybridized carbons (Fsp3) is 0.421. The van der Waals surface area contributed by atoms with Crippen molar-refractivity contribution in [3.63, 3.8) is 0 Å². The number of piperidine rings is 1. The zero-order valence-corrected chi connectivity index (χ0v) is 16.0. The van der Waals surface area contributed by atoms with Crippen LogP contribution in [0.15, 0.2) is 36.5 Å². The number of aryl methyl sites for hydroxylation is 1. The summed E-state index contributed by atoms with van der Waals surface area (Å²) in [4.78, 5) is 26.0. The monoisotopic (exact) mass is 390 g/mol. The second-order valence-corrected chi connectivity index (χ2v) is 7.49. The Morgan fingerprint density at radius 2 is 2.04 bits per heavy atom. The number of aromatic nitrogens is 2. The number of rotatable bonds is 6. The number of hydrogen-bond donors (Lipinski definition) is 1. The summed E-state index contributed by atoms with van der Waals surface area (Å²) in [6, 6.07) is 8.85. The lowest BCUT2D eigenvalue weighted by atomic mass is 9.76. The van der Waals surface area contributed by atoms with Crippen LogP contribution < -0.4 is 10.5 Å². The van der Waals surface area contributed by atoms with Crippen LogP contribution in [0.25, 0.3) is 0 Å². The summed E-state index contributed by atoms with van der Waals surface area (Å²) in [7, 11) is 1.78. The van der Waals surface area contributed by atoms with E-state index >= 15 is 0 Å². The van der Waals surface area contributed by atoms with Gasteiger partial charge in [-0.05, 0) is 37.1 Å². The molecule has 1 aromatic heterocycles. The van der Waals surface area contributed by atoms with Gasteiger partial charge in [-0.25, -0.2) is 0 Å². The van der Waals surface area contributed by atoms with Crippen LogP contribution in [0.4, 0.5) is 0 Å². The second kappa shape index (κ2) is 8.00. The molecular weight excluding hydrogens is 368 g/mol. The summed E-state index contributed by atoms with van der Waals surface area (Å²) < 4.78 is 7.51. The first-order chi connectivity index (χ1) is 12.9. The summed E-state index contributed by atoms with van der Waals surface area (Å²) in [6.07, 6.45) is 3.23. The lowest BCUT2D eigenvalue weighted by Crippen LogP contribution is -2.47. The van der Waals surface area contributed by atoms with E-state index in [0.717, 1.165) is 0 Å². The first-order valence-corrected chi connectivity index (χ1v) is 9.20. The number of amides is 2. The predicted octanol–water partition coefficient (Wildman–Crippen LogP) is 2.25. The third-order valence-electron chi connectivity index (χ3n) is 4.93. The van der Waals surface area contributed by atoms with Crippen molar-refractivity contribution in [2.75, 3.05) is 19.7 Å². The van der Waals surface area contributed by atoms with E-state index in [1.165, 1.54) is 0 Å². The minimum Gasteiger partial charge on any atom is -0.493 e. The van der Waals surface area contributed by atoms with Crippen molar-refractivity contribution in [3.8, 4) is 5.75 Å². The van der Waals surface area contributed by atoms with Crippen molar-refractivity contribution in [2.45, 2.75) is 19.3 Å². The Kier molecular flexibility index (Phi) is 5.70. The molecule has 144 valence electrons. The molecule has 0 radical (unpaired) electrons. The molecule has 27 heavy (non-hydrogen) atoms. The van der Waals surface area contributed by atoms with Crippen LogP contribution in [0, 0.1) is 5.41 Å². The molecule has 1 aliphatic heterocycles. The van der Waals surface area contributed by atoms with Crippen LogP contribution in [-0.2, 0) is 11.8 Å². The molecular formula is C19H23ClN4O3. The maximum absolute atomic E-state index is 12.6. The Bertz CT molecular complexity index is 828. The molecule has 2 aromatic rings. The highest BCUT2D eigenvalue weighted by molar-refractivity contribution is 6.30. The fourth-order valence-electron chi connectivity index (χ4n) is 3.41. The average Bonchev–Trinajstić information content (AvgIpc) is 3.06. The highest BCUT2D eigenvalue weighted by atomic mass is 35.5. The molecule has 1 aromatic carbocycles. The molecule has 0 spiro atoms. The van der Waals surface area contributed by atoms with Gasteiger partial charge in [0, 0.05) is 43.2 Å². The maximum Gasteiger partial charge on any atom is 0.274 e. The van der Waals surface area contributed by atoms with Crippen LogP contribution in [0.2, 0.25) is 5.02 Å². The Morgan fingerprint density at radius 1 is 1.30 bits per heavy atom. The standard InChI is InChI=1S/C19H23ClN4O3/c1-23-8-5-16(22-23)18(26)24-9-6-19(7-10-24,12-17(21)25)13-27-15-4-2-3-14(20)11-15/h2-5,8,11H,6-7,9-10,12-13H2,1H3,(H2,21,25). The smallest absolute Gasteiger partial charge is 0.274 e. The van der Waals surface area contributed by atoms with Gasteiger partial charge in [0.1, 0.15) is 11.4 Å². The number of nitrogens with zero attached hydrogens (tertiary/aromatic N) is 3. The van der Waals surface area contributed by atoms with Gasteiger partial charge in [0.25, 0.3) is 5.91 Å². The molecule has 0 unspecified atom stereocenters. The summed E-state index contributed by atoms with van der Waals surface area (Å²) in [5, 5.41) is 4.76. The van der Waals surface area contributed by atoms with E-state index in [1.54, 1.807) is 41.0 Å². The van der Waals surface area contributed by atoms with Gasteiger partial charge in [-0.2, -0.15) is 5.10 Å². The summed E-state index contributed by atoms with van der Waals surface area (Å²) in [6.45, 7) is 1.41. The van der Waals surface area contributed by atoms with E-state index in [1.807, 2.05) is 12.1 Å². The predicted molar refractivity (Wildman–Crippen MR) is 102 cm³/mol. The molecule has 0 aliphatic carbocycles. The number of halogens is 1. The van der Waals surface area contributed by atoms with E-state index in [4.69, 9.17) is 22.1 Å². The number of hydrogen-bond acceptors (Lipinski definition) is 4. The number of carbonyl (C=O) groups excluding carboxylic acids is 2. The van der Waals surface area contributed by atoms with Crippen molar-refractivity contribution in [1.82, 2.24) is 14.7 Å². The topological polar surface area (TPSA) is 90.5 Å². The fourth-order valence-corrected chi connectivity index (χ4v) is 3.59. The van der Waals surface area contributed by atoms with E-state index < -0.39 is 5.41 Å². The van der Waals surface area contributed by atoms with Crippen LogP contribution >= 0.6 is 11.6 Å². The van der Waals surface area contributed by atoms with Gasteiger partial charge in [-0.1, -0.05) is 17.7 Å². The zero-order chi connectivity index (χ0) is 19.4. The van der Waals surface area contributed by atoms with Crippen molar-refractivity contribution in [1.29, 1.82) is 0 Å². The molecule has 2 amide bonds. The molecule has 7 nitrogen and oxygen atoms in total. The molecule has 1 saturated heterocycles. The third kappa shape index (κ3) is 4.80. The van der Waals surface area contributed by atoms with Crippen molar-refractivity contribution in [2.24, 2.45) is 18.2 Å². The maximum atomic E-state index is 12.6. The lowest BCUT2D eigenvalue weighted by Gasteiger charge is -2.40. The Labute approximate surface area is 163 Å². The number of likely N-dealkylation sites (tertiary alicyclic amines) is 1. The molecule has 0 saturated carbocycles. The molecule has 1 aliphatic rings. The third-order valence-corrected chi connectivity index (χ3v) is 5.17. The lowest BCUT2D eigenvalue weighted by molar-refractivity contribution is -0.121. The van der Waals surface area contributed by atoms with Gasteiger partial charge < -0.3 is 15.4 Å². The van der Waals surface area contributed by atoms with Crippen molar-refractivity contribution in [3.05, 3.63) is 47.2 Å². The Morgan fingerprint density at radius 3 is 2.63 bits per heavy atom. The van der Waals surface area contributed by atoms with Gasteiger partial charge >= 0.3 is 0 Å². The Balaban J connectivity index is 1.65. The van der Waals surface area contributed by atoms with E-state index in [-0.39, 0.29) is 18.2 Å². The highest BCUT2D eigenvalue weighted by Crippen LogP contribution is 2.36. The number of nitrogens with two attached hydrogens (primary N) is 1. The summed E-state index contributed by atoms with van der Waals surface area (Å²) >= 11 is 5.99. The molecule has 3 rings (SSSR count). The zero-order valence-electron chi connectivity index (χ0n) is 15.2. The van der Waals surface area contributed by atoms with Crippen LogP contribution in [-0.4, -0.2) is 46.2 Å². The van der Waals surface area contributed by atoms with Gasteiger partial charge in [0.2, 0.25) is 5.91 Å².